The zero-order valence-electron chi connectivity index (χ0n) is 17.6. The van der Waals surface area contributed by atoms with Crippen molar-refractivity contribution in [1.82, 2.24) is 4.90 Å². The van der Waals surface area contributed by atoms with Crippen molar-refractivity contribution in [3.63, 3.8) is 0 Å². The lowest BCUT2D eigenvalue weighted by molar-refractivity contribution is -0.140. The number of carbonyl (C=O) groups is 2. The Balaban J connectivity index is 2.24. The van der Waals surface area contributed by atoms with Gasteiger partial charge in [-0.15, -0.1) is 0 Å². The van der Waals surface area contributed by atoms with Crippen molar-refractivity contribution in [2.45, 2.75) is 25.8 Å². The van der Waals surface area contributed by atoms with Crippen molar-refractivity contribution in [2.24, 2.45) is 0 Å². The Morgan fingerprint density at radius 3 is 2.26 bits per heavy atom. The number of carbonyl (C=O) groups excluding carboxylic acids is 1. The molecule has 166 valence electrons. The van der Waals surface area contributed by atoms with E-state index < -0.39 is 17.9 Å². The molecule has 0 saturated heterocycles. The van der Waals surface area contributed by atoms with E-state index in [0.717, 1.165) is 0 Å². The number of hydrogen-bond donors (Lipinski definition) is 2. The van der Waals surface area contributed by atoms with Gasteiger partial charge in [0.2, 0.25) is 0 Å². The maximum absolute atomic E-state index is 13.2. The van der Waals surface area contributed by atoms with E-state index in [0.29, 0.717) is 40.3 Å². The van der Waals surface area contributed by atoms with Gasteiger partial charge in [0.15, 0.2) is 23.0 Å². The zero-order chi connectivity index (χ0) is 22.9. The number of phenols is 1. The first-order valence-corrected chi connectivity index (χ1v) is 10.5. The highest BCUT2D eigenvalue weighted by Gasteiger charge is 2.44. The Morgan fingerprint density at radius 2 is 1.71 bits per heavy atom. The maximum atomic E-state index is 13.2. The smallest absolute Gasteiger partial charge is 0.313 e. The Kier molecular flexibility index (Phi) is 6.64. The van der Waals surface area contributed by atoms with Gasteiger partial charge in [0.25, 0.3) is 5.91 Å². The van der Waals surface area contributed by atoms with E-state index in [1.165, 1.54) is 18.1 Å². The van der Waals surface area contributed by atoms with E-state index >= 15 is 0 Å². The first-order valence-electron chi connectivity index (χ1n) is 9.74. The third-order valence-electron chi connectivity index (χ3n) is 5.21. The second-order valence-corrected chi connectivity index (χ2v) is 7.84. The normalized spacial score (nSPS) is 17.8. The van der Waals surface area contributed by atoms with E-state index in [1.807, 2.05) is 13.8 Å². The number of halogens is 1. The number of benzene rings is 2. The summed E-state index contributed by atoms with van der Waals surface area (Å²) < 4.78 is 16.8. The van der Waals surface area contributed by atoms with Crippen LogP contribution in [0.15, 0.2) is 28.7 Å². The Labute approximate surface area is 188 Å². The Bertz CT molecular complexity index is 1020. The minimum Gasteiger partial charge on any atom is -0.503 e. The van der Waals surface area contributed by atoms with Crippen molar-refractivity contribution in [3.8, 4) is 23.0 Å². The average Bonchev–Trinajstić information content (AvgIpc) is 2.73. The molecule has 0 aromatic heterocycles. The van der Waals surface area contributed by atoms with Crippen LogP contribution in [0.25, 0.3) is 0 Å². The number of methoxy groups -OCH3 is 1. The number of aromatic hydroxyl groups is 1. The Hall–Kier alpha value is -2.94. The molecule has 0 fully saturated rings. The molecule has 0 unspecified atom stereocenters. The third kappa shape index (κ3) is 4.01. The number of carboxylic acid groups (broad SMARTS) is 1. The van der Waals surface area contributed by atoms with Crippen molar-refractivity contribution >= 4 is 27.8 Å². The van der Waals surface area contributed by atoms with Crippen LogP contribution in [0.1, 0.15) is 47.3 Å². The van der Waals surface area contributed by atoms with Gasteiger partial charge in [0, 0.05) is 12.6 Å². The fourth-order valence-electron chi connectivity index (χ4n) is 3.87. The van der Waals surface area contributed by atoms with Crippen LogP contribution in [0.4, 0.5) is 0 Å². The highest BCUT2D eigenvalue weighted by Crippen LogP contribution is 2.48. The first-order chi connectivity index (χ1) is 14.7. The van der Waals surface area contributed by atoms with E-state index in [9.17, 15) is 19.8 Å². The molecule has 2 aromatic rings. The van der Waals surface area contributed by atoms with E-state index in [2.05, 4.69) is 15.9 Å². The molecule has 0 radical (unpaired) electrons. The van der Waals surface area contributed by atoms with Gasteiger partial charge in [0.05, 0.1) is 30.8 Å². The molecule has 31 heavy (non-hydrogen) atoms. The minimum absolute atomic E-state index is 0.108. The number of aliphatic carboxylic acids is 1. The van der Waals surface area contributed by atoms with Crippen LogP contribution in [-0.4, -0.2) is 54.4 Å². The highest BCUT2D eigenvalue weighted by molar-refractivity contribution is 9.10. The van der Waals surface area contributed by atoms with Crippen LogP contribution < -0.4 is 14.2 Å². The summed E-state index contributed by atoms with van der Waals surface area (Å²) in [4.78, 5) is 27.1. The number of rotatable bonds is 7. The van der Waals surface area contributed by atoms with E-state index in [4.69, 9.17) is 14.2 Å². The highest BCUT2D eigenvalue weighted by atomic mass is 79.9. The standard InChI is InChI=1S/C22H24BrNO7/c1-5-30-15-9-12-13(10-16(15)31-6-2)21(26)24(3)19(18(12)22(27)28)11-7-14(23)20(25)17(8-11)29-4/h7-10,18-19,25H,5-6H2,1-4H3,(H,27,28)/t18-,19+/m1/s1. The summed E-state index contributed by atoms with van der Waals surface area (Å²) >= 11 is 3.27. The monoisotopic (exact) mass is 493 g/mol. The van der Waals surface area contributed by atoms with Crippen molar-refractivity contribution in [2.75, 3.05) is 27.4 Å². The van der Waals surface area contributed by atoms with Gasteiger partial charge in [-0.2, -0.15) is 0 Å². The van der Waals surface area contributed by atoms with Gasteiger partial charge in [-0.05, 0) is 65.2 Å². The van der Waals surface area contributed by atoms with Gasteiger partial charge in [-0.25, -0.2) is 0 Å². The third-order valence-corrected chi connectivity index (χ3v) is 5.82. The number of likely N-dealkylation sites (N-methyl/N-ethyl adjacent to an activating group) is 1. The molecular weight excluding hydrogens is 470 g/mol. The molecule has 1 amide bonds. The molecule has 1 aliphatic rings. The molecule has 8 nitrogen and oxygen atoms in total. The number of ether oxygens (including phenoxy) is 3. The SMILES string of the molecule is CCOc1cc2c(cc1OCC)[C@@H](C(=O)O)[C@H](c1cc(Br)c(O)c(OC)c1)N(C)C2=O. The number of amides is 1. The molecule has 0 spiro atoms. The van der Waals surface area contributed by atoms with Crippen molar-refractivity contribution < 1.29 is 34.0 Å². The fraction of sp³-hybridized carbons (Fsp3) is 0.364. The van der Waals surface area contributed by atoms with Crippen LogP contribution in [0, 0.1) is 0 Å². The minimum atomic E-state index is -1.10. The largest absolute Gasteiger partial charge is 0.503 e. The van der Waals surface area contributed by atoms with Crippen LogP contribution in [0.2, 0.25) is 0 Å². The molecule has 0 aliphatic carbocycles. The van der Waals surface area contributed by atoms with Gasteiger partial charge in [-0.1, -0.05) is 0 Å². The number of nitrogens with zero attached hydrogens (tertiary/aromatic N) is 1. The predicted molar refractivity (Wildman–Crippen MR) is 116 cm³/mol. The topological polar surface area (TPSA) is 106 Å². The van der Waals surface area contributed by atoms with Crippen LogP contribution >= 0.6 is 15.9 Å². The second kappa shape index (κ2) is 9.05. The Morgan fingerprint density at radius 1 is 1.10 bits per heavy atom. The molecule has 2 aromatic carbocycles. The molecule has 1 heterocycles. The summed E-state index contributed by atoms with van der Waals surface area (Å²) in [6, 6.07) is 5.41. The molecule has 3 rings (SSSR count). The molecule has 2 atom stereocenters. The zero-order valence-corrected chi connectivity index (χ0v) is 19.2. The van der Waals surface area contributed by atoms with Crippen molar-refractivity contribution in [1.29, 1.82) is 0 Å². The summed E-state index contributed by atoms with van der Waals surface area (Å²) in [7, 11) is 2.95. The molecule has 0 saturated carbocycles. The predicted octanol–water partition coefficient (Wildman–Crippen LogP) is 3.96. The fourth-order valence-corrected chi connectivity index (χ4v) is 4.33. The molecular formula is C22H24BrNO7. The molecule has 2 N–H and O–H groups in total. The number of hydrogen-bond acceptors (Lipinski definition) is 6. The summed E-state index contributed by atoms with van der Waals surface area (Å²) in [6.45, 7) is 4.35. The van der Waals surface area contributed by atoms with Crippen LogP contribution in [-0.2, 0) is 4.79 Å². The molecule has 1 aliphatic heterocycles. The van der Waals surface area contributed by atoms with Gasteiger partial charge in [-0.3, -0.25) is 9.59 Å². The summed E-state index contributed by atoms with van der Waals surface area (Å²) in [5, 5.41) is 20.3. The lowest BCUT2D eigenvalue weighted by Gasteiger charge is -2.39. The van der Waals surface area contributed by atoms with Gasteiger partial charge < -0.3 is 29.3 Å². The number of phenolic OH excluding ortho intramolecular Hbond substituents is 1. The van der Waals surface area contributed by atoms with Crippen molar-refractivity contribution in [3.05, 3.63) is 45.4 Å². The lowest BCUT2D eigenvalue weighted by Crippen LogP contribution is -2.42. The summed E-state index contributed by atoms with van der Waals surface area (Å²) in [5.74, 6) is -1.68. The second-order valence-electron chi connectivity index (χ2n) is 6.98. The average molecular weight is 494 g/mol. The quantitative estimate of drug-likeness (QED) is 0.601. The number of fused-ring (bicyclic) bond motifs is 1. The summed E-state index contributed by atoms with van der Waals surface area (Å²) in [5.41, 5.74) is 1.10. The summed E-state index contributed by atoms with van der Waals surface area (Å²) in [6.07, 6.45) is 0. The maximum Gasteiger partial charge on any atom is 0.313 e. The van der Waals surface area contributed by atoms with Gasteiger partial charge >= 0.3 is 5.97 Å². The lowest BCUT2D eigenvalue weighted by atomic mass is 9.79. The van der Waals surface area contributed by atoms with E-state index in [1.54, 1.807) is 25.2 Å². The van der Waals surface area contributed by atoms with Gasteiger partial charge in [0.1, 0.15) is 5.92 Å². The molecule has 0 bridgehead atoms. The van der Waals surface area contributed by atoms with Crippen LogP contribution in [0.5, 0.6) is 23.0 Å². The first kappa shape index (κ1) is 22.7. The number of carboxylic acids is 1. The van der Waals surface area contributed by atoms with Crippen LogP contribution in [0.3, 0.4) is 0 Å². The van der Waals surface area contributed by atoms with E-state index in [-0.39, 0.29) is 23.0 Å². The molecule has 9 heteroatoms.